The van der Waals surface area contributed by atoms with Crippen LogP contribution in [0, 0.1) is 5.92 Å². The molecule has 176 valence electrons. The summed E-state index contributed by atoms with van der Waals surface area (Å²) < 4.78 is 5.25. The van der Waals surface area contributed by atoms with Crippen LogP contribution < -0.4 is 14.5 Å². The van der Waals surface area contributed by atoms with E-state index in [2.05, 4.69) is 24.8 Å². The highest BCUT2D eigenvalue weighted by Gasteiger charge is 2.31. The molecule has 2 aliphatic heterocycles. The number of ether oxygens (including phenoxy) is 1. The second-order valence-electron chi connectivity index (χ2n) is 8.75. The van der Waals surface area contributed by atoms with Crippen molar-refractivity contribution in [2.45, 2.75) is 12.8 Å². The maximum atomic E-state index is 13.2. The Bertz CT molecular complexity index is 1090. The van der Waals surface area contributed by atoms with Crippen LogP contribution >= 0.6 is 0 Å². The Labute approximate surface area is 200 Å². The number of benzene rings is 1. The number of anilines is 2. The van der Waals surface area contributed by atoms with Gasteiger partial charge in [-0.2, -0.15) is 0 Å². The number of carbonyl (C=O) groups excluding carboxylic acids is 1. The van der Waals surface area contributed by atoms with Gasteiger partial charge in [-0.25, -0.2) is 15.0 Å². The summed E-state index contributed by atoms with van der Waals surface area (Å²) >= 11 is 0. The van der Waals surface area contributed by atoms with Gasteiger partial charge in [-0.05, 0) is 49.2 Å². The Morgan fingerprint density at radius 2 is 1.59 bits per heavy atom. The molecule has 4 heterocycles. The highest BCUT2D eigenvalue weighted by Crippen LogP contribution is 2.27. The molecule has 0 aliphatic carbocycles. The monoisotopic (exact) mass is 458 g/mol. The van der Waals surface area contributed by atoms with Crippen LogP contribution in [-0.2, 0) is 4.79 Å². The fraction of sp³-hybridized carbons (Fsp3) is 0.385. The summed E-state index contributed by atoms with van der Waals surface area (Å²) in [6.07, 6.45) is 5.13. The third-order valence-corrected chi connectivity index (χ3v) is 6.77. The van der Waals surface area contributed by atoms with E-state index in [0.29, 0.717) is 5.91 Å². The van der Waals surface area contributed by atoms with Crippen LogP contribution in [0.5, 0.6) is 5.75 Å². The number of rotatable bonds is 5. The minimum Gasteiger partial charge on any atom is -0.497 e. The molecule has 34 heavy (non-hydrogen) atoms. The normalized spacial score (nSPS) is 17.0. The van der Waals surface area contributed by atoms with E-state index in [4.69, 9.17) is 4.74 Å². The highest BCUT2D eigenvalue weighted by molar-refractivity contribution is 5.79. The summed E-state index contributed by atoms with van der Waals surface area (Å²) in [5.74, 6) is 3.10. The largest absolute Gasteiger partial charge is 0.497 e. The summed E-state index contributed by atoms with van der Waals surface area (Å²) in [5, 5.41) is 0. The van der Waals surface area contributed by atoms with Gasteiger partial charge in [0.1, 0.15) is 23.7 Å². The Kier molecular flexibility index (Phi) is 6.56. The van der Waals surface area contributed by atoms with Crippen LogP contribution in [0.3, 0.4) is 0 Å². The maximum absolute atomic E-state index is 13.2. The molecule has 5 rings (SSSR count). The average Bonchev–Trinajstić information content (AvgIpc) is 2.93. The van der Waals surface area contributed by atoms with Crippen LogP contribution in [0.2, 0.25) is 0 Å². The van der Waals surface area contributed by atoms with Crippen LogP contribution in [-0.4, -0.2) is 72.1 Å². The SMILES string of the molecule is COc1ccc(-c2cc(N3CCC(C(=O)N4CCN(c5ccccn5)CC4)CC3)ncn2)cc1. The van der Waals surface area contributed by atoms with Crippen molar-refractivity contribution in [1.82, 2.24) is 19.9 Å². The molecule has 2 aromatic heterocycles. The van der Waals surface area contributed by atoms with Gasteiger partial charge in [0.2, 0.25) is 5.91 Å². The molecule has 1 amide bonds. The lowest BCUT2D eigenvalue weighted by molar-refractivity contribution is -0.136. The van der Waals surface area contributed by atoms with Gasteiger partial charge in [-0.1, -0.05) is 6.07 Å². The summed E-state index contributed by atoms with van der Waals surface area (Å²) in [4.78, 5) is 33.1. The molecule has 2 aliphatic rings. The Balaban J connectivity index is 1.15. The Morgan fingerprint density at radius 3 is 2.26 bits per heavy atom. The molecule has 8 heteroatoms. The van der Waals surface area contributed by atoms with Crippen LogP contribution in [0.1, 0.15) is 12.8 Å². The predicted octanol–water partition coefficient (Wildman–Crippen LogP) is 3.11. The van der Waals surface area contributed by atoms with E-state index in [1.54, 1.807) is 13.4 Å². The molecule has 0 spiro atoms. The van der Waals surface area contributed by atoms with E-state index < -0.39 is 0 Å². The molecule has 0 N–H and O–H groups in total. The van der Waals surface area contributed by atoms with Gasteiger partial charge in [-0.3, -0.25) is 4.79 Å². The highest BCUT2D eigenvalue weighted by atomic mass is 16.5. The van der Waals surface area contributed by atoms with Crippen molar-refractivity contribution < 1.29 is 9.53 Å². The topological polar surface area (TPSA) is 74.7 Å². The molecule has 0 bridgehead atoms. The first-order valence-electron chi connectivity index (χ1n) is 11.9. The van der Waals surface area contributed by atoms with Gasteiger partial charge < -0.3 is 19.4 Å². The summed E-state index contributed by atoms with van der Waals surface area (Å²) in [5.41, 5.74) is 1.91. The third kappa shape index (κ3) is 4.81. The van der Waals surface area contributed by atoms with Crippen molar-refractivity contribution >= 4 is 17.5 Å². The van der Waals surface area contributed by atoms with Crippen molar-refractivity contribution in [2.24, 2.45) is 5.92 Å². The molecule has 2 saturated heterocycles. The van der Waals surface area contributed by atoms with Gasteiger partial charge in [0, 0.05) is 63.0 Å². The zero-order chi connectivity index (χ0) is 23.3. The minimum absolute atomic E-state index is 0.0838. The first kappa shape index (κ1) is 22.1. The number of aromatic nitrogens is 3. The fourth-order valence-electron chi connectivity index (χ4n) is 4.75. The van der Waals surface area contributed by atoms with E-state index in [1.165, 1.54) is 0 Å². The Morgan fingerprint density at radius 1 is 0.853 bits per heavy atom. The first-order chi connectivity index (χ1) is 16.7. The van der Waals surface area contributed by atoms with Crippen molar-refractivity contribution in [2.75, 3.05) is 56.2 Å². The number of amides is 1. The maximum Gasteiger partial charge on any atom is 0.225 e. The molecule has 1 aromatic carbocycles. The molecule has 2 fully saturated rings. The van der Waals surface area contributed by atoms with Crippen molar-refractivity contribution in [3.63, 3.8) is 0 Å². The first-order valence-corrected chi connectivity index (χ1v) is 11.9. The van der Waals surface area contributed by atoms with Gasteiger partial charge in [0.05, 0.1) is 12.8 Å². The van der Waals surface area contributed by atoms with Gasteiger partial charge >= 0.3 is 0 Å². The number of piperidine rings is 1. The van der Waals surface area contributed by atoms with E-state index >= 15 is 0 Å². The van der Waals surface area contributed by atoms with Crippen LogP contribution in [0.4, 0.5) is 11.6 Å². The summed E-state index contributed by atoms with van der Waals surface area (Å²) in [6, 6.07) is 15.9. The molecule has 8 nitrogen and oxygen atoms in total. The number of methoxy groups -OCH3 is 1. The number of hydrogen-bond acceptors (Lipinski definition) is 7. The second kappa shape index (κ2) is 10.1. The van der Waals surface area contributed by atoms with Crippen LogP contribution in [0.25, 0.3) is 11.3 Å². The van der Waals surface area contributed by atoms with E-state index in [-0.39, 0.29) is 5.92 Å². The van der Waals surface area contributed by atoms with Gasteiger partial charge in [0.25, 0.3) is 0 Å². The van der Waals surface area contributed by atoms with Gasteiger partial charge in [-0.15, -0.1) is 0 Å². The van der Waals surface area contributed by atoms with E-state index in [1.807, 2.05) is 59.6 Å². The van der Waals surface area contributed by atoms with Crippen molar-refractivity contribution in [3.8, 4) is 17.0 Å². The average molecular weight is 459 g/mol. The molecular weight excluding hydrogens is 428 g/mol. The smallest absolute Gasteiger partial charge is 0.225 e. The van der Waals surface area contributed by atoms with Gasteiger partial charge in [0.15, 0.2) is 0 Å². The molecule has 0 radical (unpaired) electrons. The second-order valence-corrected chi connectivity index (χ2v) is 8.75. The molecule has 0 atom stereocenters. The van der Waals surface area contributed by atoms with Crippen molar-refractivity contribution in [3.05, 3.63) is 61.1 Å². The Hall–Kier alpha value is -3.68. The summed E-state index contributed by atoms with van der Waals surface area (Å²) in [7, 11) is 1.66. The van der Waals surface area contributed by atoms with E-state index in [0.717, 1.165) is 80.8 Å². The quantitative estimate of drug-likeness (QED) is 0.582. The zero-order valence-electron chi connectivity index (χ0n) is 19.5. The lowest BCUT2D eigenvalue weighted by Crippen LogP contribution is -2.52. The van der Waals surface area contributed by atoms with Crippen LogP contribution in [0.15, 0.2) is 61.1 Å². The number of carbonyl (C=O) groups is 1. The lowest BCUT2D eigenvalue weighted by atomic mass is 9.95. The predicted molar refractivity (Wildman–Crippen MR) is 132 cm³/mol. The molecule has 0 saturated carbocycles. The van der Waals surface area contributed by atoms with E-state index in [9.17, 15) is 4.79 Å². The molecular formula is C26H30N6O2. The molecule has 3 aromatic rings. The molecule has 0 unspecified atom stereocenters. The lowest BCUT2D eigenvalue weighted by Gasteiger charge is -2.39. The standard InChI is InChI=1S/C26H30N6O2/c1-34-22-7-5-20(6-8-22)23-18-25(29-19-28-23)30-12-9-21(10-13-30)26(33)32-16-14-31(15-17-32)24-4-2-3-11-27-24/h2-8,11,18-19,21H,9-10,12-17H2,1H3. The number of piperazine rings is 1. The fourth-order valence-corrected chi connectivity index (χ4v) is 4.75. The minimum atomic E-state index is 0.0838. The number of pyridine rings is 1. The number of nitrogens with zero attached hydrogens (tertiary/aromatic N) is 6. The zero-order valence-corrected chi connectivity index (χ0v) is 19.5. The summed E-state index contributed by atoms with van der Waals surface area (Å²) in [6.45, 7) is 4.82. The third-order valence-electron chi connectivity index (χ3n) is 6.77. The van der Waals surface area contributed by atoms with Crippen molar-refractivity contribution in [1.29, 1.82) is 0 Å². The number of hydrogen-bond donors (Lipinski definition) is 0.